The number of benzene rings is 4. The van der Waals surface area contributed by atoms with Crippen LogP contribution in [0.2, 0.25) is 0 Å². The summed E-state index contributed by atoms with van der Waals surface area (Å²) < 4.78 is 0. The van der Waals surface area contributed by atoms with Crippen molar-refractivity contribution < 1.29 is 9.85 Å². The Hall–Kier alpha value is -4.94. The van der Waals surface area contributed by atoms with Crippen molar-refractivity contribution in [2.75, 3.05) is 0 Å². The van der Waals surface area contributed by atoms with Gasteiger partial charge in [-0.15, -0.1) is 0 Å². The molecule has 0 atom stereocenters. The Kier molecular flexibility index (Phi) is 5.61. The average molecular weight is 418 g/mol. The molecular weight excluding hydrogens is 404 g/mol. The molecule has 0 aliphatic carbocycles. The molecule has 0 aromatic heterocycles. The van der Waals surface area contributed by atoms with Crippen molar-refractivity contribution in [3.05, 3.63) is 127 Å². The van der Waals surface area contributed by atoms with Gasteiger partial charge in [0.2, 0.25) is 0 Å². The molecule has 0 aliphatic heterocycles. The third-order valence-electron chi connectivity index (χ3n) is 4.70. The van der Waals surface area contributed by atoms with Crippen LogP contribution < -0.4 is 0 Å². The summed E-state index contributed by atoms with van der Waals surface area (Å²) in [6.07, 6.45) is 0. The van der Waals surface area contributed by atoms with E-state index in [0.717, 1.165) is 21.9 Å². The van der Waals surface area contributed by atoms with Crippen LogP contribution in [0.5, 0.6) is 0 Å². The van der Waals surface area contributed by atoms with Gasteiger partial charge in [0.25, 0.3) is 11.4 Å². The second-order valence-corrected chi connectivity index (χ2v) is 6.88. The maximum absolute atomic E-state index is 10.7. The Labute approximate surface area is 183 Å². The van der Waals surface area contributed by atoms with E-state index in [2.05, 4.69) is 23.7 Å². The number of hydrogen-bond donors (Lipinski definition) is 0. The lowest BCUT2D eigenvalue weighted by atomic mass is 10.0. The molecule has 0 saturated heterocycles. The lowest BCUT2D eigenvalue weighted by Crippen LogP contribution is -1.87. The molecule has 0 heterocycles. The monoisotopic (exact) mass is 418 g/mol. The van der Waals surface area contributed by atoms with Gasteiger partial charge in [-0.25, -0.2) is 0 Å². The van der Waals surface area contributed by atoms with Crippen molar-refractivity contribution >= 4 is 22.1 Å². The Morgan fingerprint density at radius 1 is 0.469 bits per heavy atom. The number of non-ortho nitro benzene ring substituents is 2. The number of rotatable bonds is 2. The number of hydrogen-bond acceptors (Lipinski definition) is 4. The standard InChI is InChI=1S/C26H14N2O4/c29-27(30)25-13-7-19(8-14-25)1-3-21-5-11-23-12-6-22(18-24(23)17-21)4-2-20-9-15-26(16-10-20)28(31)32/h5-18H. The van der Waals surface area contributed by atoms with E-state index in [1.807, 2.05) is 36.4 Å². The lowest BCUT2D eigenvalue weighted by Gasteiger charge is -2.00. The molecule has 0 unspecified atom stereocenters. The first-order valence-electron chi connectivity index (χ1n) is 9.55. The number of fused-ring (bicyclic) bond motifs is 1. The lowest BCUT2D eigenvalue weighted by molar-refractivity contribution is -0.385. The van der Waals surface area contributed by atoms with Crippen LogP contribution in [-0.2, 0) is 0 Å². The molecule has 0 bridgehead atoms. The van der Waals surface area contributed by atoms with Gasteiger partial charge < -0.3 is 0 Å². The van der Waals surface area contributed by atoms with Gasteiger partial charge in [-0.1, -0.05) is 35.8 Å². The quantitative estimate of drug-likeness (QED) is 0.246. The van der Waals surface area contributed by atoms with E-state index in [1.165, 1.54) is 24.3 Å². The molecule has 32 heavy (non-hydrogen) atoms. The molecule has 0 amide bonds. The molecule has 0 N–H and O–H groups in total. The molecule has 4 aromatic carbocycles. The average Bonchev–Trinajstić information content (AvgIpc) is 2.81. The first-order chi connectivity index (χ1) is 15.5. The predicted molar refractivity (Wildman–Crippen MR) is 122 cm³/mol. The molecule has 6 heteroatoms. The molecule has 0 aliphatic rings. The van der Waals surface area contributed by atoms with Gasteiger partial charge in [0.1, 0.15) is 0 Å². The summed E-state index contributed by atoms with van der Waals surface area (Å²) in [6.45, 7) is 0. The Balaban J connectivity index is 1.57. The molecule has 0 fully saturated rings. The van der Waals surface area contributed by atoms with Crippen molar-refractivity contribution in [1.82, 2.24) is 0 Å². The van der Waals surface area contributed by atoms with Gasteiger partial charge in [-0.3, -0.25) is 20.2 Å². The molecule has 0 spiro atoms. The summed E-state index contributed by atoms with van der Waals surface area (Å²) in [5, 5.41) is 23.5. The zero-order valence-electron chi connectivity index (χ0n) is 16.6. The highest BCUT2D eigenvalue weighted by Gasteiger charge is 2.03. The molecule has 0 saturated carbocycles. The molecule has 0 radical (unpaired) electrons. The zero-order valence-corrected chi connectivity index (χ0v) is 16.6. The van der Waals surface area contributed by atoms with Gasteiger partial charge in [-0.2, -0.15) is 0 Å². The minimum absolute atomic E-state index is 0.0311. The van der Waals surface area contributed by atoms with Gasteiger partial charge in [0, 0.05) is 46.5 Å². The van der Waals surface area contributed by atoms with E-state index >= 15 is 0 Å². The van der Waals surface area contributed by atoms with Crippen LogP contribution in [0.25, 0.3) is 10.8 Å². The van der Waals surface area contributed by atoms with Gasteiger partial charge >= 0.3 is 0 Å². The van der Waals surface area contributed by atoms with Crippen molar-refractivity contribution in [2.45, 2.75) is 0 Å². The van der Waals surface area contributed by atoms with Crippen LogP contribution >= 0.6 is 0 Å². The van der Waals surface area contributed by atoms with Crippen molar-refractivity contribution in [3.8, 4) is 23.7 Å². The first kappa shape index (κ1) is 20.3. The van der Waals surface area contributed by atoms with Crippen LogP contribution in [0.15, 0.2) is 84.9 Å². The summed E-state index contributed by atoms with van der Waals surface area (Å²) in [5.41, 5.74) is 3.08. The van der Waals surface area contributed by atoms with Crippen molar-refractivity contribution in [2.24, 2.45) is 0 Å². The molecule has 4 rings (SSSR count). The minimum Gasteiger partial charge on any atom is -0.258 e. The Bertz CT molecular complexity index is 1360. The highest BCUT2D eigenvalue weighted by atomic mass is 16.6. The van der Waals surface area contributed by atoms with Crippen LogP contribution in [0, 0.1) is 43.9 Å². The minimum atomic E-state index is -0.442. The predicted octanol–water partition coefficient (Wildman–Crippen LogP) is 5.46. The maximum atomic E-state index is 10.7. The van der Waals surface area contributed by atoms with Crippen LogP contribution in [0.3, 0.4) is 0 Å². The third kappa shape index (κ3) is 4.79. The van der Waals surface area contributed by atoms with Crippen molar-refractivity contribution in [3.63, 3.8) is 0 Å². The maximum Gasteiger partial charge on any atom is 0.269 e. The summed E-state index contributed by atoms with van der Waals surface area (Å²) in [5.74, 6) is 12.2. The Morgan fingerprint density at radius 3 is 1.19 bits per heavy atom. The number of nitrogens with zero attached hydrogens (tertiary/aromatic N) is 2. The van der Waals surface area contributed by atoms with Gasteiger partial charge in [0.05, 0.1) is 9.85 Å². The smallest absolute Gasteiger partial charge is 0.258 e. The van der Waals surface area contributed by atoms with Crippen LogP contribution in [-0.4, -0.2) is 9.85 Å². The summed E-state index contributed by atoms with van der Waals surface area (Å²) in [6, 6.07) is 23.9. The van der Waals surface area contributed by atoms with Crippen molar-refractivity contribution in [1.29, 1.82) is 0 Å². The van der Waals surface area contributed by atoms with E-state index in [0.29, 0.717) is 11.1 Å². The normalized spacial score (nSPS) is 9.88. The van der Waals surface area contributed by atoms with E-state index in [9.17, 15) is 20.2 Å². The fourth-order valence-corrected chi connectivity index (χ4v) is 3.02. The molecule has 4 aromatic rings. The SMILES string of the molecule is O=[N+]([O-])c1ccc(C#Cc2ccc3ccc(C#Cc4ccc([N+](=O)[O-])cc4)cc3c2)cc1. The fraction of sp³-hybridized carbons (Fsp3) is 0. The van der Waals surface area contributed by atoms with E-state index < -0.39 is 9.85 Å². The summed E-state index contributed by atoms with van der Waals surface area (Å²) in [4.78, 5) is 20.6. The second kappa shape index (κ2) is 8.83. The fourth-order valence-electron chi connectivity index (χ4n) is 3.02. The number of nitro groups is 2. The third-order valence-corrected chi connectivity index (χ3v) is 4.70. The van der Waals surface area contributed by atoms with Crippen LogP contribution in [0.1, 0.15) is 22.3 Å². The largest absolute Gasteiger partial charge is 0.269 e. The van der Waals surface area contributed by atoms with Gasteiger partial charge in [-0.05, 0) is 59.3 Å². The van der Waals surface area contributed by atoms with E-state index in [1.54, 1.807) is 24.3 Å². The van der Waals surface area contributed by atoms with E-state index in [4.69, 9.17) is 0 Å². The molecular formula is C26H14N2O4. The highest BCUT2D eigenvalue weighted by molar-refractivity contribution is 5.85. The Morgan fingerprint density at radius 2 is 0.812 bits per heavy atom. The van der Waals surface area contributed by atoms with E-state index in [-0.39, 0.29) is 11.4 Å². The number of nitro benzene ring substituents is 2. The first-order valence-corrected chi connectivity index (χ1v) is 9.55. The van der Waals surface area contributed by atoms with Gasteiger partial charge in [0.15, 0.2) is 0 Å². The molecule has 152 valence electrons. The summed E-state index contributed by atoms with van der Waals surface area (Å²) in [7, 11) is 0. The highest BCUT2D eigenvalue weighted by Crippen LogP contribution is 2.18. The summed E-state index contributed by atoms with van der Waals surface area (Å²) >= 11 is 0. The topological polar surface area (TPSA) is 86.3 Å². The van der Waals surface area contributed by atoms with Crippen LogP contribution in [0.4, 0.5) is 11.4 Å². The zero-order chi connectivity index (χ0) is 22.5. The second-order valence-electron chi connectivity index (χ2n) is 6.88. The molecule has 6 nitrogen and oxygen atoms in total.